The van der Waals surface area contributed by atoms with Crippen LogP contribution in [0.5, 0.6) is 5.75 Å². The molecular weight excluding hydrogens is 256 g/mol. The largest absolute Gasteiger partial charge is 0.487 e. The van der Waals surface area contributed by atoms with Gasteiger partial charge < -0.3 is 9.84 Å². The van der Waals surface area contributed by atoms with E-state index in [1.54, 1.807) is 10.7 Å². The van der Waals surface area contributed by atoms with E-state index in [0.29, 0.717) is 6.61 Å². The average molecular weight is 274 g/mol. The van der Waals surface area contributed by atoms with E-state index in [-0.39, 0.29) is 11.7 Å². The molecule has 0 saturated heterocycles. The van der Waals surface area contributed by atoms with E-state index >= 15 is 0 Å². The highest BCUT2D eigenvalue weighted by atomic mass is 16.5. The fraction of sp³-hybridized carbons (Fsp3) is 0.333. The Morgan fingerprint density at radius 2 is 2.15 bits per heavy atom. The van der Waals surface area contributed by atoms with Crippen molar-refractivity contribution < 1.29 is 14.6 Å². The van der Waals surface area contributed by atoms with Crippen molar-refractivity contribution in [3.8, 4) is 5.75 Å². The number of hydrogen-bond acceptors (Lipinski definition) is 3. The SMILES string of the molecule is Cc1cccc(OCc2cc(C(=O)O)nn2C(C)C)c1. The van der Waals surface area contributed by atoms with Gasteiger partial charge >= 0.3 is 5.97 Å². The lowest BCUT2D eigenvalue weighted by Gasteiger charge is -2.12. The van der Waals surface area contributed by atoms with E-state index in [1.165, 1.54) is 0 Å². The highest BCUT2D eigenvalue weighted by Crippen LogP contribution is 2.17. The predicted octanol–water partition coefficient (Wildman–Crippen LogP) is 3.05. The second-order valence-electron chi connectivity index (χ2n) is 4.97. The quantitative estimate of drug-likeness (QED) is 0.910. The van der Waals surface area contributed by atoms with Gasteiger partial charge in [0.15, 0.2) is 5.69 Å². The lowest BCUT2D eigenvalue weighted by Crippen LogP contribution is -2.10. The van der Waals surface area contributed by atoms with Gasteiger partial charge in [-0.2, -0.15) is 5.10 Å². The van der Waals surface area contributed by atoms with Gasteiger partial charge in [0.05, 0.1) is 5.69 Å². The van der Waals surface area contributed by atoms with Crippen LogP contribution >= 0.6 is 0 Å². The summed E-state index contributed by atoms with van der Waals surface area (Å²) in [6.07, 6.45) is 0. The summed E-state index contributed by atoms with van der Waals surface area (Å²) >= 11 is 0. The lowest BCUT2D eigenvalue weighted by molar-refractivity contribution is 0.0689. The number of hydrogen-bond donors (Lipinski definition) is 1. The minimum atomic E-state index is -1.03. The highest BCUT2D eigenvalue weighted by Gasteiger charge is 2.15. The molecule has 0 bridgehead atoms. The molecule has 2 rings (SSSR count). The number of rotatable bonds is 5. The van der Waals surface area contributed by atoms with E-state index in [2.05, 4.69) is 5.10 Å². The summed E-state index contributed by atoms with van der Waals surface area (Å²) in [5, 5.41) is 13.1. The third-order valence-electron chi connectivity index (χ3n) is 2.90. The molecule has 0 amide bonds. The van der Waals surface area contributed by atoms with E-state index < -0.39 is 5.97 Å². The number of aromatic nitrogens is 2. The normalized spacial score (nSPS) is 10.8. The maximum absolute atomic E-state index is 11.0. The van der Waals surface area contributed by atoms with Gasteiger partial charge in [-0.15, -0.1) is 0 Å². The molecule has 0 radical (unpaired) electrons. The van der Waals surface area contributed by atoms with Crippen LogP contribution in [0.15, 0.2) is 30.3 Å². The van der Waals surface area contributed by atoms with Crippen molar-refractivity contribution in [3.05, 3.63) is 47.3 Å². The van der Waals surface area contributed by atoms with Gasteiger partial charge in [-0.25, -0.2) is 4.79 Å². The number of benzene rings is 1. The van der Waals surface area contributed by atoms with Gasteiger partial charge in [-0.1, -0.05) is 12.1 Å². The van der Waals surface area contributed by atoms with Crippen LogP contribution in [0.2, 0.25) is 0 Å². The Bertz CT molecular complexity index is 617. The number of aromatic carboxylic acids is 1. The number of nitrogens with zero attached hydrogens (tertiary/aromatic N) is 2. The van der Waals surface area contributed by atoms with E-state index in [9.17, 15) is 4.79 Å². The molecule has 1 aromatic heterocycles. The van der Waals surface area contributed by atoms with Crippen molar-refractivity contribution in [2.24, 2.45) is 0 Å². The van der Waals surface area contributed by atoms with E-state index in [4.69, 9.17) is 9.84 Å². The Kier molecular flexibility index (Phi) is 4.08. The lowest BCUT2D eigenvalue weighted by atomic mass is 10.2. The predicted molar refractivity (Wildman–Crippen MR) is 75.1 cm³/mol. The van der Waals surface area contributed by atoms with Crippen LogP contribution in [0, 0.1) is 6.92 Å². The van der Waals surface area contributed by atoms with Gasteiger partial charge in [0.25, 0.3) is 0 Å². The smallest absolute Gasteiger partial charge is 0.356 e. The Balaban J connectivity index is 2.18. The maximum atomic E-state index is 11.0. The molecule has 5 nitrogen and oxygen atoms in total. The van der Waals surface area contributed by atoms with Crippen molar-refractivity contribution in [2.45, 2.75) is 33.4 Å². The molecule has 0 unspecified atom stereocenters. The summed E-state index contributed by atoms with van der Waals surface area (Å²) in [6, 6.07) is 9.37. The first-order chi connectivity index (χ1) is 9.47. The summed E-state index contributed by atoms with van der Waals surface area (Å²) in [4.78, 5) is 11.0. The first-order valence-corrected chi connectivity index (χ1v) is 6.48. The van der Waals surface area contributed by atoms with E-state index in [1.807, 2.05) is 45.0 Å². The molecule has 0 aliphatic heterocycles. The molecule has 0 saturated carbocycles. The fourth-order valence-electron chi connectivity index (χ4n) is 1.95. The van der Waals surface area contributed by atoms with Crippen LogP contribution in [0.4, 0.5) is 0 Å². The Hall–Kier alpha value is -2.30. The molecular formula is C15H18N2O3. The topological polar surface area (TPSA) is 64.3 Å². The monoisotopic (exact) mass is 274 g/mol. The zero-order valence-corrected chi connectivity index (χ0v) is 11.8. The zero-order chi connectivity index (χ0) is 14.7. The van der Waals surface area contributed by atoms with Gasteiger partial charge in [0.1, 0.15) is 12.4 Å². The second-order valence-corrected chi connectivity index (χ2v) is 4.97. The molecule has 20 heavy (non-hydrogen) atoms. The van der Waals surface area contributed by atoms with Crippen LogP contribution in [-0.4, -0.2) is 20.9 Å². The third kappa shape index (κ3) is 3.17. The summed E-state index contributed by atoms with van der Waals surface area (Å²) in [5.74, 6) is -0.264. The van der Waals surface area contributed by atoms with Crippen LogP contribution in [0.25, 0.3) is 0 Å². The zero-order valence-electron chi connectivity index (χ0n) is 11.8. The molecule has 5 heteroatoms. The van der Waals surface area contributed by atoms with Gasteiger partial charge in [0.2, 0.25) is 0 Å². The summed E-state index contributed by atoms with van der Waals surface area (Å²) in [6.45, 7) is 6.19. The number of carboxylic acids is 1. The average Bonchev–Trinajstić information content (AvgIpc) is 2.81. The van der Waals surface area contributed by atoms with Crippen LogP contribution in [0.3, 0.4) is 0 Å². The molecule has 2 aromatic rings. The summed E-state index contributed by atoms with van der Waals surface area (Å²) in [7, 11) is 0. The molecule has 0 aliphatic carbocycles. The van der Waals surface area contributed by atoms with Crippen molar-refractivity contribution >= 4 is 5.97 Å². The molecule has 106 valence electrons. The van der Waals surface area contributed by atoms with Crippen LogP contribution in [0.1, 0.15) is 41.6 Å². The first kappa shape index (κ1) is 14.1. The van der Waals surface area contributed by atoms with E-state index in [0.717, 1.165) is 17.0 Å². The van der Waals surface area contributed by atoms with Crippen molar-refractivity contribution in [1.29, 1.82) is 0 Å². The summed E-state index contributed by atoms with van der Waals surface area (Å²) < 4.78 is 7.38. The van der Waals surface area contributed by atoms with Crippen molar-refractivity contribution in [3.63, 3.8) is 0 Å². The Labute approximate surface area is 117 Å². The van der Waals surface area contributed by atoms with Crippen LogP contribution in [-0.2, 0) is 6.61 Å². The van der Waals surface area contributed by atoms with Crippen molar-refractivity contribution in [1.82, 2.24) is 9.78 Å². The fourth-order valence-corrected chi connectivity index (χ4v) is 1.95. The standard InChI is InChI=1S/C15H18N2O3/c1-10(2)17-12(8-14(16-17)15(18)19)9-20-13-6-4-5-11(3)7-13/h4-8,10H,9H2,1-3H3,(H,18,19). The molecule has 0 fully saturated rings. The minimum Gasteiger partial charge on any atom is -0.487 e. The Morgan fingerprint density at radius 3 is 2.75 bits per heavy atom. The van der Waals surface area contributed by atoms with Gasteiger partial charge in [-0.3, -0.25) is 4.68 Å². The number of aryl methyl sites for hydroxylation is 1. The maximum Gasteiger partial charge on any atom is 0.356 e. The van der Waals surface area contributed by atoms with Crippen molar-refractivity contribution in [2.75, 3.05) is 0 Å². The van der Waals surface area contributed by atoms with Crippen LogP contribution < -0.4 is 4.74 Å². The minimum absolute atomic E-state index is 0.0431. The molecule has 1 aromatic carbocycles. The number of carbonyl (C=O) groups is 1. The second kappa shape index (κ2) is 5.77. The van der Waals surface area contributed by atoms with Gasteiger partial charge in [0, 0.05) is 6.04 Å². The number of ether oxygens (including phenoxy) is 1. The highest BCUT2D eigenvalue weighted by molar-refractivity contribution is 5.85. The molecule has 0 atom stereocenters. The van der Waals surface area contributed by atoms with Gasteiger partial charge in [-0.05, 0) is 44.5 Å². The molecule has 0 aliphatic rings. The number of carboxylic acid groups (broad SMARTS) is 1. The molecule has 1 heterocycles. The third-order valence-corrected chi connectivity index (χ3v) is 2.90. The summed E-state index contributed by atoms with van der Waals surface area (Å²) in [5.41, 5.74) is 1.91. The Morgan fingerprint density at radius 1 is 1.40 bits per heavy atom. The molecule has 1 N–H and O–H groups in total. The molecule has 0 spiro atoms. The first-order valence-electron chi connectivity index (χ1n) is 6.48.